The van der Waals surface area contributed by atoms with Crippen molar-refractivity contribution < 1.29 is 28.7 Å². The highest BCUT2D eigenvalue weighted by atomic mass is 16.5. The van der Waals surface area contributed by atoms with Crippen molar-refractivity contribution in [1.29, 1.82) is 0 Å². The first-order valence-corrected chi connectivity index (χ1v) is 12.1. The summed E-state index contributed by atoms with van der Waals surface area (Å²) in [6.45, 7) is 1.27. The zero-order valence-electron chi connectivity index (χ0n) is 19.6. The van der Waals surface area contributed by atoms with Gasteiger partial charge in [0.15, 0.2) is 0 Å². The number of hydrogen-bond acceptors (Lipinski definition) is 6. The summed E-state index contributed by atoms with van der Waals surface area (Å²) in [5.74, 6) is -0.191. The van der Waals surface area contributed by atoms with Crippen LogP contribution in [0.15, 0.2) is 48.5 Å². The summed E-state index contributed by atoms with van der Waals surface area (Å²) in [6.07, 6.45) is 5.57. The van der Waals surface area contributed by atoms with Gasteiger partial charge in [-0.15, -0.1) is 0 Å². The monoisotopic (exact) mass is 478 g/mol. The summed E-state index contributed by atoms with van der Waals surface area (Å²) >= 11 is 0. The number of ether oxygens (including phenoxy) is 2. The highest BCUT2D eigenvalue weighted by Gasteiger charge is 2.32. The minimum absolute atomic E-state index is 0.208. The van der Waals surface area contributed by atoms with Crippen LogP contribution in [0.2, 0.25) is 0 Å². The van der Waals surface area contributed by atoms with E-state index in [2.05, 4.69) is 10.6 Å². The Balaban J connectivity index is 1.04. The quantitative estimate of drug-likeness (QED) is 0.358. The molecule has 0 aromatic heterocycles. The molecule has 2 aromatic rings. The Morgan fingerprint density at radius 3 is 1.29 bits per heavy atom. The molecule has 2 aliphatic rings. The molecule has 0 bridgehead atoms. The number of imide groups is 2. The van der Waals surface area contributed by atoms with E-state index in [9.17, 15) is 19.2 Å². The number of nitrogens with one attached hydrogen (secondary N) is 2. The highest BCUT2D eigenvalue weighted by Crippen LogP contribution is 2.27. The fourth-order valence-electron chi connectivity index (χ4n) is 4.35. The zero-order chi connectivity index (χ0) is 24.6. The van der Waals surface area contributed by atoms with Crippen LogP contribution in [-0.2, 0) is 19.2 Å². The summed E-state index contributed by atoms with van der Waals surface area (Å²) in [6, 6.07) is 14.8. The van der Waals surface area contributed by atoms with Gasteiger partial charge in [-0.25, -0.2) is 0 Å². The van der Waals surface area contributed by atoms with Crippen molar-refractivity contribution in [2.75, 3.05) is 13.2 Å². The Morgan fingerprint density at radius 2 is 0.943 bits per heavy atom. The Morgan fingerprint density at radius 1 is 0.571 bits per heavy atom. The van der Waals surface area contributed by atoms with Gasteiger partial charge >= 0.3 is 0 Å². The van der Waals surface area contributed by atoms with E-state index < -0.39 is 11.8 Å². The molecule has 0 unspecified atom stereocenters. The lowest BCUT2D eigenvalue weighted by Gasteiger charge is -2.10. The Bertz CT molecular complexity index is 979. The molecular weight excluding hydrogens is 448 g/mol. The molecule has 4 amide bonds. The minimum Gasteiger partial charge on any atom is -0.494 e. The van der Waals surface area contributed by atoms with Crippen LogP contribution in [0.25, 0.3) is 0 Å². The second-order valence-corrected chi connectivity index (χ2v) is 8.94. The van der Waals surface area contributed by atoms with Crippen LogP contribution in [0.4, 0.5) is 0 Å². The average Bonchev–Trinajstić information content (AvgIpc) is 3.37. The summed E-state index contributed by atoms with van der Waals surface area (Å²) < 4.78 is 11.6. The van der Waals surface area contributed by atoms with Crippen LogP contribution in [0.3, 0.4) is 0 Å². The van der Waals surface area contributed by atoms with Crippen LogP contribution >= 0.6 is 0 Å². The van der Waals surface area contributed by atoms with E-state index in [1.165, 1.54) is 0 Å². The van der Waals surface area contributed by atoms with Gasteiger partial charge in [0, 0.05) is 12.8 Å². The van der Waals surface area contributed by atoms with Gasteiger partial charge in [0.2, 0.25) is 23.6 Å². The molecule has 4 rings (SSSR count). The second-order valence-electron chi connectivity index (χ2n) is 8.94. The molecule has 2 aromatic carbocycles. The minimum atomic E-state index is -0.396. The molecule has 2 saturated heterocycles. The topological polar surface area (TPSA) is 111 Å². The largest absolute Gasteiger partial charge is 0.494 e. The maximum Gasteiger partial charge on any atom is 0.234 e. The first-order valence-electron chi connectivity index (χ1n) is 12.1. The third-order valence-corrected chi connectivity index (χ3v) is 6.33. The van der Waals surface area contributed by atoms with Crippen LogP contribution in [0.5, 0.6) is 11.5 Å². The lowest BCUT2D eigenvalue weighted by molar-refractivity contribution is -0.126. The molecule has 2 atom stereocenters. The van der Waals surface area contributed by atoms with E-state index in [4.69, 9.17) is 9.47 Å². The second kappa shape index (κ2) is 11.6. The van der Waals surface area contributed by atoms with Crippen molar-refractivity contribution in [3.8, 4) is 11.5 Å². The maximum atomic E-state index is 11.8. The lowest BCUT2D eigenvalue weighted by atomic mass is 9.98. The molecular formula is C27H30N2O6. The molecule has 2 aliphatic heterocycles. The first-order chi connectivity index (χ1) is 17.0. The van der Waals surface area contributed by atoms with Crippen molar-refractivity contribution in [2.24, 2.45) is 0 Å². The van der Waals surface area contributed by atoms with Crippen LogP contribution in [0, 0.1) is 0 Å². The molecule has 8 nitrogen and oxygen atoms in total. The molecule has 2 fully saturated rings. The van der Waals surface area contributed by atoms with E-state index in [1.807, 2.05) is 48.5 Å². The molecule has 0 radical (unpaired) electrons. The lowest BCUT2D eigenvalue weighted by Crippen LogP contribution is -2.21. The van der Waals surface area contributed by atoms with Crippen molar-refractivity contribution >= 4 is 23.6 Å². The van der Waals surface area contributed by atoms with Crippen molar-refractivity contribution in [3.63, 3.8) is 0 Å². The number of hydrogen-bond donors (Lipinski definition) is 2. The van der Waals surface area contributed by atoms with Gasteiger partial charge in [0.05, 0.1) is 25.0 Å². The number of carbonyl (C=O) groups excluding carboxylic acids is 4. The fraction of sp³-hybridized carbons (Fsp3) is 0.407. The van der Waals surface area contributed by atoms with Gasteiger partial charge < -0.3 is 9.47 Å². The van der Waals surface area contributed by atoms with Crippen molar-refractivity contribution in [3.05, 3.63) is 59.7 Å². The Labute approximate surface area is 204 Å². The summed E-state index contributed by atoms with van der Waals surface area (Å²) in [5.41, 5.74) is 1.66. The predicted molar refractivity (Wildman–Crippen MR) is 128 cm³/mol. The summed E-state index contributed by atoms with van der Waals surface area (Å²) in [5, 5.41) is 4.66. The molecule has 8 heteroatoms. The smallest absolute Gasteiger partial charge is 0.234 e. The fourth-order valence-corrected chi connectivity index (χ4v) is 4.35. The van der Waals surface area contributed by atoms with Gasteiger partial charge in [-0.3, -0.25) is 29.8 Å². The molecule has 35 heavy (non-hydrogen) atoms. The highest BCUT2D eigenvalue weighted by molar-refractivity contribution is 6.06. The number of amides is 4. The van der Waals surface area contributed by atoms with Gasteiger partial charge in [-0.1, -0.05) is 43.5 Å². The van der Waals surface area contributed by atoms with Gasteiger partial charge in [0.1, 0.15) is 11.5 Å². The molecule has 2 N–H and O–H groups in total. The maximum absolute atomic E-state index is 11.8. The van der Waals surface area contributed by atoms with Crippen LogP contribution in [-0.4, -0.2) is 36.8 Å². The van der Waals surface area contributed by atoms with E-state index >= 15 is 0 Å². The van der Waals surface area contributed by atoms with E-state index in [0.717, 1.165) is 54.7 Å². The van der Waals surface area contributed by atoms with E-state index in [0.29, 0.717) is 13.2 Å². The van der Waals surface area contributed by atoms with Gasteiger partial charge in [0.25, 0.3) is 0 Å². The predicted octanol–water partition coefficient (Wildman–Crippen LogP) is 3.36. The van der Waals surface area contributed by atoms with Crippen molar-refractivity contribution in [1.82, 2.24) is 10.6 Å². The van der Waals surface area contributed by atoms with Crippen LogP contribution in [0.1, 0.15) is 67.9 Å². The molecule has 0 saturated carbocycles. The average molecular weight is 479 g/mol. The van der Waals surface area contributed by atoms with Gasteiger partial charge in [-0.05, 0) is 48.2 Å². The van der Waals surface area contributed by atoms with Gasteiger partial charge in [-0.2, -0.15) is 0 Å². The standard InChI is InChI=1S/C27H30N2O6/c30-24-16-22(26(32)28-24)18-6-10-20(11-7-18)34-14-4-2-1-3-5-15-35-21-12-8-19(9-13-21)23-17-25(31)29-27(23)33/h6-13,22-23H,1-5,14-17H2,(H,28,30,32)(H,29,31,33)/t22-,23-/m0/s1. The Kier molecular flexibility index (Phi) is 8.13. The molecule has 184 valence electrons. The number of unbranched alkanes of at least 4 members (excludes halogenated alkanes) is 4. The van der Waals surface area contributed by atoms with E-state index in [-0.39, 0.29) is 36.5 Å². The third kappa shape index (κ3) is 6.68. The molecule has 0 aliphatic carbocycles. The number of carbonyl (C=O) groups is 4. The first kappa shape index (κ1) is 24.4. The summed E-state index contributed by atoms with van der Waals surface area (Å²) in [7, 11) is 0. The third-order valence-electron chi connectivity index (χ3n) is 6.33. The number of rotatable bonds is 12. The summed E-state index contributed by atoms with van der Waals surface area (Å²) in [4.78, 5) is 46.2. The molecule has 2 heterocycles. The van der Waals surface area contributed by atoms with Crippen molar-refractivity contribution in [2.45, 2.75) is 56.8 Å². The van der Waals surface area contributed by atoms with Crippen LogP contribution < -0.4 is 20.1 Å². The normalized spacial score (nSPS) is 19.5. The number of benzene rings is 2. The zero-order valence-corrected chi connectivity index (χ0v) is 19.6. The molecule has 0 spiro atoms. The van der Waals surface area contributed by atoms with E-state index in [1.54, 1.807) is 0 Å². The Hall–Kier alpha value is -3.68. The SMILES string of the molecule is O=C1C[C@@H](c2ccc(OCCCCCCCOc3ccc([C@@H]4CC(=O)NC4=O)cc3)cc2)C(=O)N1.